The molecule has 1 saturated carbocycles. The van der Waals surface area contributed by atoms with Crippen LogP contribution in [-0.4, -0.2) is 142 Å². The summed E-state index contributed by atoms with van der Waals surface area (Å²) in [5, 5.41) is 6.58. The lowest BCUT2D eigenvalue weighted by molar-refractivity contribution is -0.131. The van der Waals surface area contributed by atoms with Crippen molar-refractivity contribution in [2.45, 2.75) is 116 Å². The molecule has 17 heteroatoms. The number of allylic oxidation sites excluding steroid dienone is 1. The molecule has 372 valence electrons. The fraction of sp³-hybridized carbons (Fsp3) is 0.588. The summed E-state index contributed by atoms with van der Waals surface area (Å²) in [5.74, 6) is -0.749. The number of aryl methyl sites for hydroxylation is 1. The van der Waals surface area contributed by atoms with E-state index in [1.165, 1.54) is 61.7 Å². The molecule has 1 spiro atoms. The van der Waals surface area contributed by atoms with Crippen LogP contribution in [0.4, 0.5) is 30.2 Å². The fourth-order valence-corrected chi connectivity index (χ4v) is 12.0. The molecule has 4 fully saturated rings. The van der Waals surface area contributed by atoms with Crippen LogP contribution >= 0.6 is 11.9 Å². The minimum Gasteiger partial charge on any atom is -0.368 e. The number of carbonyl (C=O) groups is 3. The molecule has 2 unspecified atom stereocenters. The van der Waals surface area contributed by atoms with Gasteiger partial charge in [0.05, 0.1) is 36.1 Å². The highest BCUT2D eigenvalue weighted by molar-refractivity contribution is 7.97. The van der Waals surface area contributed by atoms with Gasteiger partial charge in [0.2, 0.25) is 12.3 Å². The molecule has 68 heavy (non-hydrogen) atoms. The second-order valence-electron chi connectivity index (χ2n) is 19.6. The molecular weight excluding hydrogens is 890 g/mol. The molecule has 3 saturated heterocycles. The van der Waals surface area contributed by atoms with Crippen LogP contribution in [0.2, 0.25) is 0 Å². The van der Waals surface area contributed by atoms with E-state index in [1.54, 1.807) is 26.1 Å². The lowest BCUT2D eigenvalue weighted by Gasteiger charge is -2.60. The summed E-state index contributed by atoms with van der Waals surface area (Å²) in [6, 6.07) is 6.39. The van der Waals surface area contributed by atoms with Gasteiger partial charge in [-0.05, 0) is 134 Å². The number of aliphatic imine (C=N–C) groups is 2. The Kier molecular flexibility index (Phi) is 18.4. The van der Waals surface area contributed by atoms with Crippen molar-refractivity contribution >= 4 is 66.2 Å². The van der Waals surface area contributed by atoms with E-state index >= 15 is 8.78 Å². The van der Waals surface area contributed by atoms with Crippen LogP contribution < -0.4 is 25.3 Å². The molecule has 0 aromatic heterocycles. The third-order valence-electron chi connectivity index (χ3n) is 14.4. The van der Waals surface area contributed by atoms with Gasteiger partial charge in [-0.25, -0.2) is 13.2 Å². The van der Waals surface area contributed by atoms with Crippen LogP contribution in [0.15, 0.2) is 52.9 Å². The van der Waals surface area contributed by atoms with Crippen molar-refractivity contribution in [1.82, 2.24) is 24.7 Å². The van der Waals surface area contributed by atoms with Crippen molar-refractivity contribution in [3.05, 3.63) is 71.2 Å². The normalized spacial score (nSPS) is 20.9. The number of fused-ring (bicyclic) bond motifs is 1. The summed E-state index contributed by atoms with van der Waals surface area (Å²) in [7, 11) is 3.46. The Balaban J connectivity index is 0.000000512. The average molecular weight is 963 g/mol. The number of anilines is 3. The summed E-state index contributed by atoms with van der Waals surface area (Å²) in [5.41, 5.74) is 3.71. The van der Waals surface area contributed by atoms with E-state index < -0.39 is 11.6 Å². The van der Waals surface area contributed by atoms with Crippen LogP contribution in [0, 0.1) is 29.9 Å². The molecule has 0 bridgehead atoms. The van der Waals surface area contributed by atoms with Crippen molar-refractivity contribution in [3.8, 4) is 0 Å². The number of rotatable bonds is 19. The number of carbonyl (C=O) groups excluding carboxylic acids is 3. The SMILES string of the molecule is C=CNC(=O)C(CCC)N(C)C=O.C=N/C(=C(F)\C=N/CNC1CCN(SC2CCN(CC3CC4(C3)CN(c3cc(C=O)c(C)cc3F)C4)CC2)CC1)c1cc(F)c2c(c1)N(C(C)C)C(C)N2C. The number of hydrogen-bond acceptors (Lipinski definition) is 12. The number of nitrogens with one attached hydrogen (secondary N) is 2. The first-order chi connectivity index (χ1) is 32.5. The first kappa shape index (κ1) is 52.7. The van der Waals surface area contributed by atoms with Gasteiger partial charge in [0.25, 0.3) is 0 Å². The van der Waals surface area contributed by atoms with E-state index in [9.17, 15) is 18.8 Å². The van der Waals surface area contributed by atoms with E-state index in [-0.39, 0.29) is 35.7 Å². The Labute approximate surface area is 406 Å². The van der Waals surface area contributed by atoms with E-state index in [0.717, 1.165) is 76.4 Å². The predicted octanol–water partition coefficient (Wildman–Crippen LogP) is 8.05. The maximum Gasteiger partial charge on any atom is 0.246 e. The highest BCUT2D eigenvalue weighted by Gasteiger charge is 2.53. The van der Waals surface area contributed by atoms with Crippen molar-refractivity contribution in [2.75, 3.05) is 81.3 Å². The Hall–Kier alpha value is -4.71. The zero-order valence-corrected chi connectivity index (χ0v) is 42.0. The van der Waals surface area contributed by atoms with Gasteiger partial charge in [-0.1, -0.05) is 31.9 Å². The number of nitrogens with zero attached hydrogens (tertiary/aromatic N) is 8. The fourth-order valence-electron chi connectivity index (χ4n) is 10.8. The van der Waals surface area contributed by atoms with Crippen LogP contribution in [0.3, 0.4) is 0 Å². The van der Waals surface area contributed by atoms with Crippen molar-refractivity contribution in [1.29, 1.82) is 0 Å². The van der Waals surface area contributed by atoms with Gasteiger partial charge < -0.3 is 29.8 Å². The molecule has 4 aliphatic heterocycles. The zero-order chi connectivity index (χ0) is 49.3. The minimum atomic E-state index is -0.641. The van der Waals surface area contributed by atoms with Crippen LogP contribution in [0.25, 0.3) is 5.70 Å². The number of aldehydes is 1. The Morgan fingerprint density at radius 2 is 1.72 bits per heavy atom. The van der Waals surface area contributed by atoms with E-state index in [1.807, 2.05) is 37.7 Å². The van der Waals surface area contributed by atoms with Crippen molar-refractivity contribution in [2.24, 2.45) is 21.3 Å². The molecule has 1 aliphatic carbocycles. The molecule has 4 heterocycles. The predicted molar refractivity (Wildman–Crippen MR) is 272 cm³/mol. The largest absolute Gasteiger partial charge is 0.368 e. The second kappa shape index (κ2) is 23.7. The number of halogens is 3. The summed E-state index contributed by atoms with van der Waals surface area (Å²) in [6.07, 6.45) is 12.3. The molecular formula is C51H73F3N10O3S. The average Bonchev–Trinajstić information content (AvgIpc) is 3.55. The number of likely N-dealkylation sites (tertiary alicyclic amines) is 1. The molecule has 2 atom stereocenters. The molecule has 5 aliphatic rings. The van der Waals surface area contributed by atoms with Gasteiger partial charge in [-0.2, -0.15) is 0 Å². The molecule has 13 nitrogen and oxygen atoms in total. The topological polar surface area (TPSA) is 119 Å². The number of piperidine rings is 2. The highest BCUT2D eigenvalue weighted by atomic mass is 32.2. The summed E-state index contributed by atoms with van der Waals surface area (Å²) in [4.78, 5) is 51.5. The number of hydrogen-bond donors (Lipinski definition) is 2. The summed E-state index contributed by atoms with van der Waals surface area (Å²) in [6.45, 7) is 24.4. The lowest BCUT2D eigenvalue weighted by atomic mass is 9.57. The van der Waals surface area contributed by atoms with Crippen LogP contribution in [0.1, 0.15) is 101 Å². The van der Waals surface area contributed by atoms with Crippen molar-refractivity contribution in [3.63, 3.8) is 0 Å². The molecule has 2 N–H and O–H groups in total. The highest BCUT2D eigenvalue weighted by Crippen LogP contribution is 2.53. The van der Waals surface area contributed by atoms with Crippen molar-refractivity contribution < 1.29 is 27.6 Å². The first-order valence-electron chi connectivity index (χ1n) is 24.2. The number of benzene rings is 2. The number of amides is 2. The van der Waals surface area contributed by atoms with Gasteiger partial charge in [0.1, 0.15) is 29.7 Å². The van der Waals surface area contributed by atoms with Crippen LogP contribution in [0.5, 0.6) is 0 Å². The molecule has 7 rings (SSSR count). The van der Waals surface area contributed by atoms with Gasteiger partial charge in [-0.15, -0.1) is 0 Å². The quantitative estimate of drug-likeness (QED) is 0.0814. The zero-order valence-electron chi connectivity index (χ0n) is 41.2. The third-order valence-corrected chi connectivity index (χ3v) is 15.8. The standard InChI is InChI=1S/C42H57F3N8OS.C9H16N2O2/c1-27(2)53-29(4)49(6)41-36(44)16-31(17-39(41)53)40(46-5)37(45)21-47-26-48-33-7-13-52(14-8-33)55-34-9-11-50(12-10-34)22-30-19-42(20-30)24-51(25-42)38-18-32(23-54)28(3)15-35(38)43;1-4-6-8(11(3)7-12)9(13)10-5-2/h15-18,21,23,27,29-30,33-34,48H,5,7-14,19-20,22,24-26H2,1-4,6H3;5,7-8H,2,4,6H2,1,3H3,(H,10,13)/b40-37+,47-21-;. The van der Waals surface area contributed by atoms with Gasteiger partial charge >= 0.3 is 0 Å². The monoisotopic (exact) mass is 963 g/mol. The lowest BCUT2D eigenvalue weighted by Crippen LogP contribution is -2.63. The Bertz CT molecular complexity index is 2160. The molecule has 2 aromatic carbocycles. The van der Waals surface area contributed by atoms with E-state index in [0.29, 0.717) is 64.3 Å². The summed E-state index contributed by atoms with van der Waals surface area (Å²) < 4.78 is 47.8. The Morgan fingerprint density at radius 3 is 2.32 bits per heavy atom. The van der Waals surface area contributed by atoms with E-state index in [4.69, 9.17) is 0 Å². The summed E-state index contributed by atoms with van der Waals surface area (Å²) >= 11 is 2.03. The molecule has 0 radical (unpaired) electrons. The van der Waals surface area contributed by atoms with Gasteiger partial charge in [0.15, 0.2) is 5.83 Å². The first-order valence-corrected chi connectivity index (χ1v) is 25.1. The van der Waals surface area contributed by atoms with Gasteiger partial charge in [0, 0.05) is 80.7 Å². The maximum absolute atomic E-state index is 15.3. The maximum atomic E-state index is 15.3. The third kappa shape index (κ3) is 12.4. The van der Waals surface area contributed by atoms with Gasteiger partial charge in [-0.3, -0.25) is 34.0 Å². The second-order valence-corrected chi connectivity index (χ2v) is 21.0. The van der Waals surface area contributed by atoms with Crippen LogP contribution in [-0.2, 0) is 9.59 Å². The number of likely N-dealkylation sites (N-methyl/N-ethyl adjacent to an activating group) is 1. The smallest absolute Gasteiger partial charge is 0.246 e. The molecule has 2 aromatic rings. The minimum absolute atomic E-state index is 0.0152. The van der Waals surface area contributed by atoms with E-state index in [2.05, 4.69) is 66.8 Å². The Morgan fingerprint density at radius 1 is 1.03 bits per heavy atom. The molecule has 2 amide bonds.